The minimum absolute atomic E-state index is 0.0849. The van der Waals surface area contributed by atoms with Crippen LogP contribution in [0.25, 0.3) is 0 Å². The first-order valence-electron chi connectivity index (χ1n) is 5.85. The first-order valence-corrected chi connectivity index (χ1v) is 5.85. The Bertz CT molecular complexity index is 406. The third-order valence-corrected chi connectivity index (χ3v) is 3.20. The molecule has 4 heteroatoms. The molecule has 1 N–H and O–H groups in total. The van der Waals surface area contributed by atoms with Gasteiger partial charge in [-0.25, -0.2) is 0 Å². The molecule has 0 aliphatic carbocycles. The Hall–Kier alpha value is -1.55. The van der Waals surface area contributed by atoms with Crippen molar-refractivity contribution in [2.24, 2.45) is 0 Å². The van der Waals surface area contributed by atoms with Gasteiger partial charge in [-0.1, -0.05) is 6.07 Å². The zero-order chi connectivity index (χ0) is 12.3. The highest BCUT2D eigenvalue weighted by Gasteiger charge is 2.25. The molecule has 0 radical (unpaired) electrons. The number of likely N-dealkylation sites (tertiary alicyclic amines) is 1. The topological polar surface area (TPSA) is 41.6 Å². The van der Waals surface area contributed by atoms with Gasteiger partial charge in [0, 0.05) is 24.7 Å². The highest BCUT2D eigenvalue weighted by atomic mass is 16.5. The van der Waals surface area contributed by atoms with E-state index < -0.39 is 0 Å². The second kappa shape index (κ2) is 5.19. The van der Waals surface area contributed by atoms with Crippen LogP contribution in [0.1, 0.15) is 16.8 Å². The molecule has 1 saturated heterocycles. The molecule has 0 bridgehead atoms. The summed E-state index contributed by atoms with van der Waals surface area (Å²) in [7, 11) is 3.54. The van der Waals surface area contributed by atoms with Crippen molar-refractivity contribution in [3.8, 4) is 5.75 Å². The van der Waals surface area contributed by atoms with E-state index in [0.29, 0.717) is 11.6 Å². The number of ether oxygens (including phenoxy) is 1. The average molecular weight is 234 g/mol. The van der Waals surface area contributed by atoms with E-state index in [-0.39, 0.29) is 5.91 Å². The number of carbonyl (C=O) groups is 1. The van der Waals surface area contributed by atoms with Gasteiger partial charge in [0.25, 0.3) is 5.91 Å². The fourth-order valence-electron chi connectivity index (χ4n) is 2.12. The van der Waals surface area contributed by atoms with Crippen LogP contribution >= 0.6 is 0 Å². The molecule has 1 aliphatic rings. The van der Waals surface area contributed by atoms with E-state index in [9.17, 15) is 4.79 Å². The standard InChI is InChI=1S/C13H18N2O2/c1-14-11-6-7-15(9-11)13(16)10-4-3-5-12(8-10)17-2/h3-5,8,11,14H,6-7,9H2,1-2H3. The van der Waals surface area contributed by atoms with Crippen molar-refractivity contribution in [1.29, 1.82) is 0 Å². The molecule has 0 aromatic heterocycles. The summed E-state index contributed by atoms with van der Waals surface area (Å²) in [6.45, 7) is 1.61. The monoisotopic (exact) mass is 234 g/mol. The molecule has 1 aromatic carbocycles. The summed E-state index contributed by atoms with van der Waals surface area (Å²) in [5.74, 6) is 0.807. The van der Waals surface area contributed by atoms with E-state index in [1.807, 2.05) is 30.1 Å². The van der Waals surface area contributed by atoms with Crippen molar-refractivity contribution in [3.05, 3.63) is 29.8 Å². The van der Waals surface area contributed by atoms with E-state index in [2.05, 4.69) is 5.32 Å². The molecule has 1 atom stereocenters. The third kappa shape index (κ3) is 2.58. The molecule has 4 nitrogen and oxygen atoms in total. The molecule has 2 rings (SSSR count). The Kier molecular flexibility index (Phi) is 3.64. The smallest absolute Gasteiger partial charge is 0.254 e. The average Bonchev–Trinajstić information content (AvgIpc) is 2.86. The summed E-state index contributed by atoms with van der Waals surface area (Å²) in [6, 6.07) is 7.73. The molecule has 1 heterocycles. The van der Waals surface area contributed by atoms with Gasteiger partial charge < -0.3 is 15.0 Å². The lowest BCUT2D eigenvalue weighted by Gasteiger charge is -2.16. The second-order valence-electron chi connectivity index (χ2n) is 4.26. The van der Waals surface area contributed by atoms with E-state index in [0.717, 1.165) is 25.3 Å². The van der Waals surface area contributed by atoms with Gasteiger partial charge >= 0.3 is 0 Å². The van der Waals surface area contributed by atoms with Crippen LogP contribution < -0.4 is 10.1 Å². The fraction of sp³-hybridized carbons (Fsp3) is 0.462. The van der Waals surface area contributed by atoms with E-state index in [1.165, 1.54) is 0 Å². The number of rotatable bonds is 3. The van der Waals surface area contributed by atoms with Crippen molar-refractivity contribution >= 4 is 5.91 Å². The van der Waals surface area contributed by atoms with Crippen LogP contribution in [0.3, 0.4) is 0 Å². The Morgan fingerprint density at radius 1 is 1.53 bits per heavy atom. The maximum Gasteiger partial charge on any atom is 0.254 e. The number of nitrogens with zero attached hydrogens (tertiary/aromatic N) is 1. The Morgan fingerprint density at radius 2 is 2.35 bits per heavy atom. The summed E-state index contributed by atoms with van der Waals surface area (Å²) in [6.07, 6.45) is 1.02. The molecule has 1 aromatic rings. The van der Waals surface area contributed by atoms with Crippen LogP contribution in [-0.4, -0.2) is 44.1 Å². The van der Waals surface area contributed by atoms with E-state index in [1.54, 1.807) is 13.2 Å². The summed E-state index contributed by atoms with van der Waals surface area (Å²) >= 11 is 0. The fourth-order valence-corrected chi connectivity index (χ4v) is 2.12. The number of benzene rings is 1. The number of hydrogen-bond donors (Lipinski definition) is 1. The molecule has 1 aliphatic heterocycles. The van der Waals surface area contributed by atoms with Crippen LogP contribution in [0, 0.1) is 0 Å². The lowest BCUT2D eigenvalue weighted by molar-refractivity contribution is 0.0789. The van der Waals surface area contributed by atoms with Gasteiger partial charge in [-0.15, -0.1) is 0 Å². The number of carbonyl (C=O) groups excluding carboxylic acids is 1. The molecule has 1 fully saturated rings. The highest BCUT2D eigenvalue weighted by molar-refractivity contribution is 5.94. The van der Waals surface area contributed by atoms with E-state index in [4.69, 9.17) is 4.74 Å². The molecule has 1 unspecified atom stereocenters. The Balaban J connectivity index is 2.09. The van der Waals surface area contributed by atoms with Crippen LogP contribution in [0.15, 0.2) is 24.3 Å². The minimum Gasteiger partial charge on any atom is -0.497 e. The number of methoxy groups -OCH3 is 1. The van der Waals surface area contributed by atoms with Crippen LogP contribution in [0.4, 0.5) is 0 Å². The first-order chi connectivity index (χ1) is 8.24. The van der Waals surface area contributed by atoms with Crippen molar-refractivity contribution in [2.75, 3.05) is 27.2 Å². The van der Waals surface area contributed by atoms with Gasteiger partial charge in [0.05, 0.1) is 7.11 Å². The summed E-state index contributed by atoms with van der Waals surface area (Å²) in [4.78, 5) is 14.1. The number of hydrogen-bond acceptors (Lipinski definition) is 3. The van der Waals surface area contributed by atoms with Gasteiger partial charge in [-0.3, -0.25) is 4.79 Å². The van der Waals surface area contributed by atoms with Gasteiger partial charge in [-0.2, -0.15) is 0 Å². The highest BCUT2D eigenvalue weighted by Crippen LogP contribution is 2.17. The third-order valence-electron chi connectivity index (χ3n) is 3.20. The molecule has 0 saturated carbocycles. The molecule has 17 heavy (non-hydrogen) atoms. The molecule has 1 amide bonds. The largest absolute Gasteiger partial charge is 0.497 e. The van der Waals surface area contributed by atoms with Crippen molar-refractivity contribution in [3.63, 3.8) is 0 Å². The van der Waals surface area contributed by atoms with Crippen molar-refractivity contribution in [2.45, 2.75) is 12.5 Å². The van der Waals surface area contributed by atoms with Gasteiger partial charge in [0.1, 0.15) is 5.75 Å². The van der Waals surface area contributed by atoms with Gasteiger partial charge in [0.2, 0.25) is 0 Å². The zero-order valence-corrected chi connectivity index (χ0v) is 10.3. The second-order valence-corrected chi connectivity index (χ2v) is 4.26. The SMILES string of the molecule is CNC1CCN(C(=O)c2cccc(OC)c2)C1. The van der Waals surface area contributed by atoms with Crippen LogP contribution in [-0.2, 0) is 0 Å². The minimum atomic E-state index is 0.0849. The number of amides is 1. The van der Waals surface area contributed by atoms with E-state index >= 15 is 0 Å². The first kappa shape index (κ1) is 11.9. The van der Waals surface area contributed by atoms with Gasteiger partial charge in [-0.05, 0) is 31.7 Å². The Morgan fingerprint density at radius 3 is 3.00 bits per heavy atom. The molecular weight excluding hydrogens is 216 g/mol. The van der Waals surface area contributed by atoms with Crippen molar-refractivity contribution in [1.82, 2.24) is 10.2 Å². The quantitative estimate of drug-likeness (QED) is 0.852. The maximum absolute atomic E-state index is 12.2. The molecule has 92 valence electrons. The van der Waals surface area contributed by atoms with Crippen LogP contribution in [0.2, 0.25) is 0 Å². The Labute approximate surface area is 102 Å². The molecule has 0 spiro atoms. The number of nitrogens with one attached hydrogen (secondary N) is 1. The predicted octanol–water partition coefficient (Wildman–Crippen LogP) is 1.13. The predicted molar refractivity (Wildman–Crippen MR) is 66.4 cm³/mol. The van der Waals surface area contributed by atoms with Crippen LogP contribution in [0.5, 0.6) is 5.75 Å². The normalized spacial score (nSPS) is 19.4. The maximum atomic E-state index is 12.2. The lowest BCUT2D eigenvalue weighted by atomic mass is 10.2. The molecular formula is C13H18N2O2. The van der Waals surface area contributed by atoms with Gasteiger partial charge in [0.15, 0.2) is 0 Å². The summed E-state index contributed by atoms with van der Waals surface area (Å²) < 4.78 is 5.13. The lowest BCUT2D eigenvalue weighted by Crippen LogP contribution is -2.33. The van der Waals surface area contributed by atoms with Crippen molar-refractivity contribution < 1.29 is 9.53 Å². The number of likely N-dealkylation sites (N-methyl/N-ethyl adjacent to an activating group) is 1. The zero-order valence-electron chi connectivity index (χ0n) is 10.3. The summed E-state index contributed by atoms with van der Waals surface area (Å²) in [5.41, 5.74) is 0.695. The summed E-state index contributed by atoms with van der Waals surface area (Å²) in [5, 5.41) is 3.20.